The first-order valence-corrected chi connectivity index (χ1v) is 7.71. The fraction of sp³-hybridized carbons (Fsp3) is 0.500. The maximum absolute atomic E-state index is 9.58. The second-order valence-electron chi connectivity index (χ2n) is 5.49. The van der Waals surface area contributed by atoms with Gasteiger partial charge in [0.05, 0.1) is 18.2 Å². The lowest BCUT2D eigenvalue weighted by Gasteiger charge is -2.25. The van der Waals surface area contributed by atoms with Crippen LogP contribution in [0.5, 0.6) is 0 Å². The van der Waals surface area contributed by atoms with Crippen molar-refractivity contribution in [2.45, 2.75) is 32.2 Å². The van der Waals surface area contributed by atoms with Crippen LogP contribution in [0.15, 0.2) is 24.3 Å². The summed E-state index contributed by atoms with van der Waals surface area (Å²) in [5.74, 6) is 1.62. The van der Waals surface area contributed by atoms with E-state index in [1.807, 2.05) is 18.2 Å². The largest absolute Gasteiger partial charge is 0.394 e. The van der Waals surface area contributed by atoms with Crippen molar-refractivity contribution in [3.05, 3.63) is 24.3 Å². The summed E-state index contributed by atoms with van der Waals surface area (Å²) in [5.41, 5.74) is 0.949. The molecule has 0 amide bonds. The van der Waals surface area contributed by atoms with Gasteiger partial charge in [-0.3, -0.25) is 0 Å². The summed E-state index contributed by atoms with van der Waals surface area (Å²) in [5, 5.41) is 13.9. The normalized spacial score (nSPS) is 18.4. The molecular weight excluding hydrogens is 264 g/mol. The molecule has 5 nitrogen and oxygen atoms in total. The predicted molar refractivity (Wildman–Crippen MR) is 85.8 cm³/mol. The molecule has 1 fully saturated rings. The Morgan fingerprint density at radius 2 is 2.19 bits per heavy atom. The van der Waals surface area contributed by atoms with E-state index in [1.54, 1.807) is 0 Å². The summed E-state index contributed by atoms with van der Waals surface area (Å²) in [6, 6.07) is 8.25. The van der Waals surface area contributed by atoms with Gasteiger partial charge in [-0.1, -0.05) is 19.1 Å². The van der Waals surface area contributed by atoms with Gasteiger partial charge in [0.2, 0.25) is 5.95 Å². The molecule has 112 valence electrons. The first-order valence-electron chi connectivity index (χ1n) is 7.71. The molecule has 0 aliphatic carbocycles. The van der Waals surface area contributed by atoms with Gasteiger partial charge in [0.25, 0.3) is 0 Å². The number of nitrogens with zero attached hydrogens (tertiary/aromatic N) is 3. The van der Waals surface area contributed by atoms with E-state index in [-0.39, 0.29) is 12.6 Å². The number of benzene rings is 1. The molecule has 2 aromatic rings. The molecule has 1 saturated heterocycles. The van der Waals surface area contributed by atoms with E-state index in [9.17, 15) is 5.11 Å². The van der Waals surface area contributed by atoms with Crippen LogP contribution in [0.3, 0.4) is 0 Å². The van der Waals surface area contributed by atoms with Crippen LogP contribution in [0.4, 0.5) is 11.8 Å². The van der Waals surface area contributed by atoms with Gasteiger partial charge in [-0.25, -0.2) is 4.98 Å². The molecule has 0 radical (unpaired) electrons. The monoisotopic (exact) mass is 286 g/mol. The Hall–Kier alpha value is -1.88. The zero-order valence-electron chi connectivity index (χ0n) is 12.4. The second-order valence-corrected chi connectivity index (χ2v) is 5.49. The van der Waals surface area contributed by atoms with E-state index in [4.69, 9.17) is 4.98 Å². The highest BCUT2D eigenvalue weighted by molar-refractivity contribution is 5.90. The molecule has 0 spiro atoms. The molecule has 1 aliphatic heterocycles. The molecule has 0 bridgehead atoms. The molecule has 3 rings (SSSR count). The van der Waals surface area contributed by atoms with E-state index in [2.05, 4.69) is 28.2 Å². The third-order valence-electron chi connectivity index (χ3n) is 3.98. The topological polar surface area (TPSA) is 61.3 Å². The highest BCUT2D eigenvalue weighted by atomic mass is 16.3. The smallest absolute Gasteiger partial charge is 0.225 e. The fourth-order valence-electron chi connectivity index (χ4n) is 2.90. The maximum atomic E-state index is 9.58. The van der Waals surface area contributed by atoms with Crippen LogP contribution < -0.4 is 10.2 Å². The van der Waals surface area contributed by atoms with Crippen LogP contribution in [0, 0.1) is 0 Å². The van der Waals surface area contributed by atoms with Crippen molar-refractivity contribution in [2.75, 3.05) is 29.9 Å². The third kappa shape index (κ3) is 2.78. The van der Waals surface area contributed by atoms with E-state index < -0.39 is 0 Å². The molecule has 1 aliphatic rings. The van der Waals surface area contributed by atoms with Crippen molar-refractivity contribution in [3.63, 3.8) is 0 Å². The minimum atomic E-state index is 0.169. The number of aromatic nitrogens is 2. The Bertz CT molecular complexity index is 616. The lowest BCUT2D eigenvalue weighted by atomic mass is 10.2. The second kappa shape index (κ2) is 6.26. The van der Waals surface area contributed by atoms with Crippen molar-refractivity contribution in [3.8, 4) is 0 Å². The Morgan fingerprint density at radius 1 is 1.33 bits per heavy atom. The molecule has 1 unspecified atom stereocenters. The molecule has 0 saturated carbocycles. The number of hydrogen-bond donors (Lipinski definition) is 2. The summed E-state index contributed by atoms with van der Waals surface area (Å²) in [7, 11) is 0. The zero-order chi connectivity index (χ0) is 14.7. The number of aliphatic hydroxyl groups is 1. The van der Waals surface area contributed by atoms with Gasteiger partial charge in [-0.05, 0) is 31.4 Å². The first kappa shape index (κ1) is 14.1. The summed E-state index contributed by atoms with van der Waals surface area (Å²) in [6.45, 7) is 4.11. The van der Waals surface area contributed by atoms with E-state index in [0.29, 0.717) is 5.95 Å². The molecular formula is C16H22N4O. The van der Waals surface area contributed by atoms with Gasteiger partial charge in [-0.2, -0.15) is 4.98 Å². The summed E-state index contributed by atoms with van der Waals surface area (Å²) < 4.78 is 0. The molecule has 1 aromatic heterocycles. The quantitative estimate of drug-likeness (QED) is 0.884. The molecule has 1 aromatic carbocycles. The number of nitrogens with one attached hydrogen (secondary N) is 1. The molecule has 5 heteroatoms. The predicted octanol–water partition coefficient (Wildman–Crippen LogP) is 2.41. The molecule has 2 heterocycles. The van der Waals surface area contributed by atoms with Crippen LogP contribution in [0.2, 0.25) is 0 Å². The first-order chi connectivity index (χ1) is 10.3. The number of fused-ring (bicyclic) bond motifs is 1. The molecule has 21 heavy (non-hydrogen) atoms. The highest BCUT2D eigenvalue weighted by Crippen LogP contribution is 2.30. The fourth-order valence-corrected chi connectivity index (χ4v) is 2.90. The van der Waals surface area contributed by atoms with Crippen molar-refractivity contribution in [2.24, 2.45) is 0 Å². The number of aliphatic hydroxyl groups excluding tert-OH is 1. The van der Waals surface area contributed by atoms with Crippen molar-refractivity contribution < 1.29 is 5.11 Å². The van der Waals surface area contributed by atoms with Crippen LogP contribution >= 0.6 is 0 Å². The van der Waals surface area contributed by atoms with E-state index >= 15 is 0 Å². The lowest BCUT2D eigenvalue weighted by Crippen LogP contribution is -2.33. The summed E-state index contributed by atoms with van der Waals surface area (Å²) in [6.07, 6.45) is 3.16. The van der Waals surface area contributed by atoms with Gasteiger partial charge >= 0.3 is 0 Å². The number of para-hydroxylation sites is 1. The number of rotatable bonds is 5. The SMILES string of the molecule is CCCNc1nc(N2CCCC2CO)c2ccccc2n1. The Kier molecular flexibility index (Phi) is 4.20. The van der Waals surface area contributed by atoms with E-state index in [1.165, 1.54) is 0 Å². The van der Waals surface area contributed by atoms with Crippen molar-refractivity contribution >= 4 is 22.7 Å². The Labute approximate surface area is 125 Å². The summed E-state index contributed by atoms with van der Waals surface area (Å²) in [4.78, 5) is 11.5. The van der Waals surface area contributed by atoms with Crippen LogP contribution in [-0.4, -0.2) is 40.8 Å². The molecule has 2 N–H and O–H groups in total. The number of anilines is 2. The number of hydrogen-bond acceptors (Lipinski definition) is 5. The highest BCUT2D eigenvalue weighted by Gasteiger charge is 2.26. The van der Waals surface area contributed by atoms with Crippen molar-refractivity contribution in [1.82, 2.24) is 9.97 Å². The standard InChI is InChI=1S/C16H22N4O/c1-2-9-17-16-18-14-8-4-3-7-13(14)15(19-16)20-10-5-6-12(20)11-21/h3-4,7-8,12,21H,2,5-6,9-11H2,1H3,(H,17,18,19). The minimum Gasteiger partial charge on any atom is -0.394 e. The van der Waals surface area contributed by atoms with Crippen molar-refractivity contribution in [1.29, 1.82) is 0 Å². The van der Waals surface area contributed by atoms with Crippen LogP contribution in [0.1, 0.15) is 26.2 Å². The molecule has 1 atom stereocenters. The minimum absolute atomic E-state index is 0.169. The van der Waals surface area contributed by atoms with Gasteiger partial charge in [0, 0.05) is 18.5 Å². The van der Waals surface area contributed by atoms with E-state index in [0.717, 1.165) is 49.1 Å². The Balaban J connectivity index is 2.05. The zero-order valence-corrected chi connectivity index (χ0v) is 12.4. The Morgan fingerprint density at radius 3 is 3.00 bits per heavy atom. The summed E-state index contributed by atoms with van der Waals surface area (Å²) >= 11 is 0. The average molecular weight is 286 g/mol. The van der Waals surface area contributed by atoms with Gasteiger partial charge in [0.15, 0.2) is 0 Å². The van der Waals surface area contributed by atoms with Gasteiger partial charge in [0.1, 0.15) is 5.82 Å². The maximum Gasteiger partial charge on any atom is 0.225 e. The van der Waals surface area contributed by atoms with Crippen LogP contribution in [-0.2, 0) is 0 Å². The lowest BCUT2D eigenvalue weighted by molar-refractivity contribution is 0.266. The third-order valence-corrected chi connectivity index (χ3v) is 3.98. The average Bonchev–Trinajstić information content (AvgIpc) is 3.00. The van der Waals surface area contributed by atoms with Gasteiger partial charge in [-0.15, -0.1) is 0 Å². The van der Waals surface area contributed by atoms with Gasteiger partial charge < -0.3 is 15.3 Å². The van der Waals surface area contributed by atoms with Crippen LogP contribution in [0.25, 0.3) is 10.9 Å².